The lowest BCUT2D eigenvalue weighted by Crippen LogP contribution is -2.46. The first-order valence-electron chi connectivity index (χ1n) is 9.26. The molecule has 0 saturated carbocycles. The number of nitrogens with one attached hydrogen (secondary N) is 2. The summed E-state index contributed by atoms with van der Waals surface area (Å²) in [6, 6.07) is 15.4. The third kappa shape index (κ3) is 5.06. The van der Waals surface area contributed by atoms with Gasteiger partial charge in [-0.1, -0.05) is 71.9 Å². The van der Waals surface area contributed by atoms with Gasteiger partial charge in [-0.05, 0) is 19.4 Å². The highest BCUT2D eigenvalue weighted by atomic mass is 32.2. The Labute approximate surface area is 173 Å². The number of urea groups is 1. The van der Waals surface area contributed by atoms with Crippen LogP contribution in [0.4, 0.5) is 4.79 Å². The van der Waals surface area contributed by atoms with Gasteiger partial charge in [0.05, 0.1) is 18.2 Å². The van der Waals surface area contributed by atoms with E-state index in [2.05, 4.69) is 10.6 Å². The monoisotopic (exact) mass is 410 g/mol. The maximum atomic E-state index is 12.7. The zero-order valence-electron chi connectivity index (χ0n) is 16.2. The minimum Gasteiger partial charge on any atom is -0.463 e. The molecule has 150 valence electrons. The summed E-state index contributed by atoms with van der Waals surface area (Å²) in [6.45, 7) is 3.88. The molecule has 7 heteroatoms. The summed E-state index contributed by atoms with van der Waals surface area (Å²) in [6.07, 6.45) is 0. The Bertz CT molecular complexity index is 939. The third-order valence-corrected chi connectivity index (χ3v) is 5.35. The molecule has 29 heavy (non-hydrogen) atoms. The molecule has 6 nitrogen and oxygen atoms in total. The van der Waals surface area contributed by atoms with E-state index in [-0.39, 0.29) is 17.5 Å². The van der Waals surface area contributed by atoms with Crippen molar-refractivity contribution >= 4 is 28.9 Å². The molecular formula is C22H22N2O4S. The summed E-state index contributed by atoms with van der Waals surface area (Å²) in [5.74, 6) is -0.371. The van der Waals surface area contributed by atoms with Gasteiger partial charge in [0.2, 0.25) is 5.12 Å². The number of ether oxygens (including phenoxy) is 1. The maximum absolute atomic E-state index is 12.7. The first-order valence-corrected chi connectivity index (χ1v) is 10.2. The van der Waals surface area contributed by atoms with E-state index in [9.17, 15) is 14.4 Å². The SMILES string of the molecule is CCOC(=O)C1=C(CSC(=O)c2ccc(C)cc2)NC(=O)NC1c1ccccc1. The van der Waals surface area contributed by atoms with Crippen molar-refractivity contribution in [1.29, 1.82) is 0 Å². The van der Waals surface area contributed by atoms with Crippen molar-refractivity contribution < 1.29 is 19.1 Å². The first kappa shape index (κ1) is 20.7. The van der Waals surface area contributed by atoms with Crippen molar-refractivity contribution in [2.24, 2.45) is 0 Å². The standard InChI is InChI=1S/C22H22N2O4S/c1-3-28-20(25)18-17(13-29-21(26)16-11-9-14(2)10-12-16)23-22(27)24-19(18)15-7-5-4-6-8-15/h4-12,19H,3,13H2,1-2H3,(H2,23,24,27). The van der Waals surface area contributed by atoms with Gasteiger partial charge in [-0.2, -0.15) is 0 Å². The highest BCUT2D eigenvalue weighted by molar-refractivity contribution is 8.14. The Kier molecular flexibility index (Phi) is 6.72. The van der Waals surface area contributed by atoms with E-state index >= 15 is 0 Å². The van der Waals surface area contributed by atoms with Crippen LogP contribution in [0.15, 0.2) is 65.9 Å². The summed E-state index contributed by atoms with van der Waals surface area (Å²) >= 11 is 1.03. The van der Waals surface area contributed by atoms with Crippen LogP contribution in [0.1, 0.15) is 34.5 Å². The molecule has 0 fully saturated rings. The zero-order chi connectivity index (χ0) is 20.8. The highest BCUT2D eigenvalue weighted by Gasteiger charge is 2.33. The van der Waals surface area contributed by atoms with E-state index in [0.717, 1.165) is 22.9 Å². The molecule has 2 aromatic carbocycles. The Morgan fingerprint density at radius 1 is 1.07 bits per heavy atom. The number of rotatable bonds is 6. The van der Waals surface area contributed by atoms with Gasteiger partial charge in [-0.15, -0.1) is 0 Å². The fraction of sp³-hybridized carbons (Fsp3) is 0.227. The zero-order valence-corrected chi connectivity index (χ0v) is 17.0. The molecule has 2 aromatic rings. The summed E-state index contributed by atoms with van der Waals surface area (Å²) in [5.41, 5.74) is 3.08. The van der Waals surface area contributed by atoms with Crippen molar-refractivity contribution in [2.75, 3.05) is 12.4 Å². The van der Waals surface area contributed by atoms with Gasteiger partial charge in [0.1, 0.15) is 0 Å². The van der Waals surface area contributed by atoms with Crippen LogP contribution in [-0.4, -0.2) is 29.5 Å². The number of hydrogen-bond donors (Lipinski definition) is 2. The Balaban J connectivity index is 1.89. The second-order valence-electron chi connectivity index (χ2n) is 6.50. The largest absolute Gasteiger partial charge is 0.463 e. The molecule has 1 atom stereocenters. The molecule has 0 aliphatic carbocycles. The number of hydrogen-bond acceptors (Lipinski definition) is 5. The molecular weight excluding hydrogens is 388 g/mol. The van der Waals surface area contributed by atoms with E-state index in [1.807, 2.05) is 49.4 Å². The first-order chi connectivity index (χ1) is 14.0. The molecule has 0 spiro atoms. The molecule has 1 aliphatic rings. The van der Waals surface area contributed by atoms with E-state index < -0.39 is 18.0 Å². The second kappa shape index (κ2) is 9.43. The number of amides is 2. The third-order valence-electron chi connectivity index (χ3n) is 4.42. The van der Waals surface area contributed by atoms with Crippen molar-refractivity contribution in [3.63, 3.8) is 0 Å². The van der Waals surface area contributed by atoms with Crippen molar-refractivity contribution in [2.45, 2.75) is 19.9 Å². The van der Waals surface area contributed by atoms with Crippen molar-refractivity contribution in [3.8, 4) is 0 Å². The number of carbonyl (C=O) groups is 3. The van der Waals surface area contributed by atoms with E-state index in [1.165, 1.54) is 0 Å². The van der Waals surface area contributed by atoms with Gasteiger partial charge in [-0.25, -0.2) is 9.59 Å². The highest BCUT2D eigenvalue weighted by Crippen LogP contribution is 2.29. The van der Waals surface area contributed by atoms with Crippen LogP contribution in [0.3, 0.4) is 0 Å². The number of carbonyl (C=O) groups excluding carboxylic acids is 3. The van der Waals surface area contributed by atoms with E-state index in [4.69, 9.17) is 4.74 Å². The summed E-state index contributed by atoms with van der Waals surface area (Å²) < 4.78 is 5.22. The van der Waals surface area contributed by atoms with Crippen molar-refractivity contribution in [3.05, 3.63) is 82.6 Å². The van der Waals surface area contributed by atoms with E-state index in [0.29, 0.717) is 16.8 Å². The van der Waals surface area contributed by atoms with E-state index in [1.54, 1.807) is 19.1 Å². The van der Waals surface area contributed by atoms with Crippen LogP contribution < -0.4 is 10.6 Å². The number of benzene rings is 2. The van der Waals surface area contributed by atoms with Gasteiger partial charge in [0.15, 0.2) is 0 Å². The number of thioether (sulfide) groups is 1. The summed E-state index contributed by atoms with van der Waals surface area (Å²) in [4.78, 5) is 37.4. The molecule has 1 heterocycles. The minimum atomic E-state index is -0.644. The molecule has 3 rings (SSSR count). The molecule has 0 bridgehead atoms. The fourth-order valence-corrected chi connectivity index (χ4v) is 3.79. The van der Waals surface area contributed by atoms with Gasteiger partial charge in [-0.3, -0.25) is 4.79 Å². The minimum absolute atomic E-state index is 0.134. The van der Waals surface area contributed by atoms with Crippen LogP contribution >= 0.6 is 11.8 Å². The van der Waals surface area contributed by atoms with Crippen LogP contribution in [0.2, 0.25) is 0 Å². The quantitative estimate of drug-likeness (QED) is 0.709. The summed E-state index contributed by atoms with van der Waals surface area (Å²) in [7, 11) is 0. The van der Waals surface area contributed by atoms with Crippen molar-refractivity contribution in [1.82, 2.24) is 10.6 Å². The number of aryl methyl sites for hydroxylation is 1. The van der Waals surface area contributed by atoms with Crippen LogP contribution in [0.25, 0.3) is 0 Å². The Morgan fingerprint density at radius 3 is 2.41 bits per heavy atom. The predicted molar refractivity (Wildman–Crippen MR) is 112 cm³/mol. The molecule has 0 radical (unpaired) electrons. The van der Waals surface area contributed by atoms with Crippen LogP contribution in [0.5, 0.6) is 0 Å². The fourth-order valence-electron chi connectivity index (χ4n) is 2.99. The van der Waals surface area contributed by atoms with Gasteiger partial charge >= 0.3 is 12.0 Å². The molecule has 0 saturated heterocycles. The molecule has 2 N–H and O–H groups in total. The average Bonchev–Trinajstić information content (AvgIpc) is 2.72. The van der Waals surface area contributed by atoms with Crippen LogP contribution in [-0.2, 0) is 9.53 Å². The van der Waals surface area contributed by atoms with Crippen LogP contribution in [0, 0.1) is 6.92 Å². The smallest absolute Gasteiger partial charge is 0.338 e. The predicted octanol–water partition coefficient (Wildman–Crippen LogP) is 3.74. The Morgan fingerprint density at radius 2 is 1.76 bits per heavy atom. The number of esters is 1. The topological polar surface area (TPSA) is 84.5 Å². The molecule has 0 aromatic heterocycles. The second-order valence-corrected chi connectivity index (χ2v) is 7.45. The van der Waals surface area contributed by atoms with Gasteiger partial charge < -0.3 is 15.4 Å². The van der Waals surface area contributed by atoms with Gasteiger partial charge in [0, 0.05) is 17.0 Å². The maximum Gasteiger partial charge on any atom is 0.338 e. The normalized spacial score (nSPS) is 16.1. The lowest BCUT2D eigenvalue weighted by atomic mass is 9.95. The molecule has 2 amide bonds. The molecule has 1 unspecified atom stereocenters. The lowest BCUT2D eigenvalue weighted by molar-refractivity contribution is -0.139. The lowest BCUT2D eigenvalue weighted by Gasteiger charge is -2.29. The average molecular weight is 410 g/mol. The van der Waals surface area contributed by atoms with Gasteiger partial charge in [0.25, 0.3) is 0 Å². The Hall–Kier alpha value is -3.06. The molecule has 1 aliphatic heterocycles. The summed E-state index contributed by atoms with van der Waals surface area (Å²) in [5, 5.41) is 5.32.